The molecule has 1 aliphatic heterocycles. The number of rotatable bonds is 2. The van der Waals surface area contributed by atoms with Crippen LogP contribution in [-0.4, -0.2) is 25.4 Å². The van der Waals surface area contributed by atoms with Gasteiger partial charge in [-0.15, -0.1) is 11.3 Å². The molecule has 1 aliphatic rings. The second-order valence-corrected chi connectivity index (χ2v) is 4.11. The summed E-state index contributed by atoms with van der Waals surface area (Å²) in [6, 6.07) is 1.40. The quantitative estimate of drug-likeness (QED) is 0.757. The van der Waals surface area contributed by atoms with Crippen molar-refractivity contribution in [2.45, 2.75) is 13.0 Å². The fourth-order valence-corrected chi connectivity index (χ4v) is 2.35. The van der Waals surface area contributed by atoms with Crippen molar-refractivity contribution in [3.05, 3.63) is 17.0 Å². The molecule has 0 aromatic carbocycles. The van der Waals surface area contributed by atoms with E-state index < -0.39 is 18.8 Å². The number of thiophene rings is 1. The fourth-order valence-electron chi connectivity index (χ4n) is 1.39. The maximum atomic E-state index is 12.5. The molecule has 0 aliphatic carbocycles. The van der Waals surface area contributed by atoms with E-state index in [2.05, 4.69) is 0 Å². The molecule has 1 aromatic rings. The first kappa shape index (κ1) is 9.45. The summed E-state index contributed by atoms with van der Waals surface area (Å²) in [5.74, 6) is 0. The van der Waals surface area contributed by atoms with Crippen molar-refractivity contribution in [3.8, 4) is 0 Å². The number of ether oxygens (including phenoxy) is 1. The zero-order valence-electron chi connectivity index (χ0n) is 7.70. The number of nitrogens with zero attached hydrogens (tertiary/aromatic N) is 1. The lowest BCUT2D eigenvalue weighted by atomic mass is 10.3. The Morgan fingerprint density at radius 2 is 2.57 bits per heavy atom. The molecule has 14 heavy (non-hydrogen) atoms. The third kappa shape index (κ3) is 1.48. The Morgan fingerprint density at radius 3 is 3.14 bits per heavy atom. The Kier molecular flexibility index (Phi) is 2.41. The molecular formula is C9H10FNO2S. The van der Waals surface area contributed by atoms with Crippen molar-refractivity contribution >= 4 is 22.4 Å². The van der Waals surface area contributed by atoms with Crippen LogP contribution in [0, 0.1) is 6.92 Å². The Labute approximate surface area is 85.1 Å². The van der Waals surface area contributed by atoms with Crippen molar-refractivity contribution in [1.82, 2.24) is 0 Å². The number of carbonyl (C=O) groups excluding carboxylic acids is 1. The molecule has 0 saturated carbocycles. The molecule has 76 valence electrons. The molecule has 1 atom stereocenters. The van der Waals surface area contributed by atoms with Crippen LogP contribution in [0.3, 0.4) is 0 Å². The molecule has 2 heterocycles. The van der Waals surface area contributed by atoms with E-state index in [1.54, 1.807) is 0 Å². The zero-order chi connectivity index (χ0) is 10.1. The summed E-state index contributed by atoms with van der Waals surface area (Å²) < 4.78 is 17.3. The maximum absolute atomic E-state index is 12.5. The van der Waals surface area contributed by atoms with Gasteiger partial charge in [-0.1, -0.05) is 0 Å². The van der Waals surface area contributed by atoms with Crippen LogP contribution in [0.5, 0.6) is 0 Å². The highest BCUT2D eigenvalue weighted by molar-refractivity contribution is 7.14. The predicted octanol–water partition coefficient (Wildman–Crippen LogP) is 2.35. The molecule has 0 radical (unpaired) electrons. The van der Waals surface area contributed by atoms with Crippen LogP contribution in [0.15, 0.2) is 11.4 Å². The van der Waals surface area contributed by atoms with Gasteiger partial charge >= 0.3 is 6.09 Å². The summed E-state index contributed by atoms with van der Waals surface area (Å²) >= 11 is 1.43. The summed E-state index contributed by atoms with van der Waals surface area (Å²) in [5, 5.41) is 2.68. The van der Waals surface area contributed by atoms with E-state index in [0.29, 0.717) is 0 Å². The van der Waals surface area contributed by atoms with E-state index in [9.17, 15) is 9.18 Å². The molecule has 0 bridgehead atoms. The van der Waals surface area contributed by atoms with Gasteiger partial charge in [0.05, 0.1) is 0 Å². The first-order chi connectivity index (χ1) is 6.72. The van der Waals surface area contributed by atoms with Crippen molar-refractivity contribution in [2.24, 2.45) is 0 Å². The second-order valence-electron chi connectivity index (χ2n) is 3.22. The van der Waals surface area contributed by atoms with Gasteiger partial charge in [0.25, 0.3) is 0 Å². The van der Waals surface area contributed by atoms with Crippen molar-refractivity contribution < 1.29 is 13.9 Å². The van der Waals surface area contributed by atoms with Crippen LogP contribution in [0.1, 0.15) is 5.56 Å². The molecule has 1 amide bonds. The summed E-state index contributed by atoms with van der Waals surface area (Å²) in [4.78, 5) is 12.7. The highest BCUT2D eigenvalue weighted by atomic mass is 32.1. The summed E-state index contributed by atoms with van der Waals surface area (Å²) in [5.41, 5.74) is 1.07. The molecule has 2 rings (SSSR count). The first-order valence-corrected chi connectivity index (χ1v) is 5.17. The Hall–Kier alpha value is -1.10. The minimum atomic E-state index is -0.567. The lowest BCUT2D eigenvalue weighted by molar-refractivity contribution is 0.177. The van der Waals surface area contributed by atoms with Gasteiger partial charge in [-0.2, -0.15) is 0 Å². The van der Waals surface area contributed by atoms with E-state index in [1.165, 1.54) is 16.2 Å². The molecule has 1 fully saturated rings. The average Bonchev–Trinajstić information content (AvgIpc) is 2.71. The van der Waals surface area contributed by atoms with Crippen LogP contribution in [-0.2, 0) is 4.74 Å². The topological polar surface area (TPSA) is 29.5 Å². The molecule has 1 aromatic heterocycles. The fraction of sp³-hybridized carbons (Fsp3) is 0.444. The second kappa shape index (κ2) is 3.57. The molecule has 0 spiro atoms. The van der Waals surface area contributed by atoms with Crippen molar-refractivity contribution in [3.63, 3.8) is 0 Å². The van der Waals surface area contributed by atoms with Gasteiger partial charge in [-0.3, -0.25) is 4.90 Å². The largest absolute Gasteiger partial charge is 0.447 e. The lowest BCUT2D eigenvalue weighted by Gasteiger charge is -2.16. The lowest BCUT2D eigenvalue weighted by Crippen LogP contribution is -2.34. The van der Waals surface area contributed by atoms with E-state index in [0.717, 1.165) is 10.6 Å². The van der Waals surface area contributed by atoms with Gasteiger partial charge in [0.15, 0.2) is 0 Å². The number of cyclic esters (lactones) is 1. The van der Waals surface area contributed by atoms with Gasteiger partial charge in [0.1, 0.15) is 24.3 Å². The van der Waals surface area contributed by atoms with Crippen molar-refractivity contribution in [2.75, 3.05) is 18.2 Å². The minimum Gasteiger partial charge on any atom is -0.447 e. The highest BCUT2D eigenvalue weighted by Gasteiger charge is 2.34. The van der Waals surface area contributed by atoms with E-state index in [-0.39, 0.29) is 6.61 Å². The minimum absolute atomic E-state index is 0.145. The molecular weight excluding hydrogens is 205 g/mol. The molecule has 5 heteroatoms. The van der Waals surface area contributed by atoms with Crippen LogP contribution in [0.2, 0.25) is 0 Å². The van der Waals surface area contributed by atoms with E-state index in [1.807, 2.05) is 18.4 Å². The predicted molar refractivity (Wildman–Crippen MR) is 52.6 cm³/mol. The number of anilines is 1. The zero-order valence-corrected chi connectivity index (χ0v) is 8.51. The van der Waals surface area contributed by atoms with Gasteiger partial charge < -0.3 is 4.74 Å². The van der Waals surface area contributed by atoms with E-state index in [4.69, 9.17) is 4.74 Å². The van der Waals surface area contributed by atoms with Gasteiger partial charge in [-0.25, -0.2) is 9.18 Å². The maximum Gasteiger partial charge on any atom is 0.415 e. The number of amides is 1. The van der Waals surface area contributed by atoms with Crippen LogP contribution in [0.25, 0.3) is 0 Å². The Bertz CT molecular complexity index is 352. The number of hydrogen-bond acceptors (Lipinski definition) is 3. The highest BCUT2D eigenvalue weighted by Crippen LogP contribution is 2.29. The van der Waals surface area contributed by atoms with Crippen LogP contribution < -0.4 is 4.90 Å². The third-order valence-electron chi connectivity index (χ3n) is 2.09. The summed E-state index contributed by atoms with van der Waals surface area (Å²) in [6.45, 7) is 1.51. The van der Waals surface area contributed by atoms with Gasteiger partial charge in [0, 0.05) is 0 Å². The SMILES string of the molecule is Cc1csc(N2C(=O)OCC2CF)c1. The van der Waals surface area contributed by atoms with Crippen LogP contribution >= 0.6 is 11.3 Å². The summed E-state index contributed by atoms with van der Waals surface area (Å²) in [7, 11) is 0. The smallest absolute Gasteiger partial charge is 0.415 e. The van der Waals surface area contributed by atoms with Crippen molar-refractivity contribution in [1.29, 1.82) is 0 Å². The standard InChI is InChI=1S/C9H10FNO2S/c1-6-2-8(14-5-6)11-7(3-10)4-13-9(11)12/h2,5,7H,3-4H2,1H3. The average molecular weight is 215 g/mol. The normalized spacial score (nSPS) is 21.4. The monoisotopic (exact) mass is 215 g/mol. The molecule has 0 N–H and O–H groups in total. The summed E-state index contributed by atoms with van der Waals surface area (Å²) in [6.07, 6.45) is -0.450. The number of aryl methyl sites for hydroxylation is 1. The third-order valence-corrected chi connectivity index (χ3v) is 3.14. The molecule has 3 nitrogen and oxygen atoms in total. The number of hydrogen-bond donors (Lipinski definition) is 0. The van der Waals surface area contributed by atoms with E-state index >= 15 is 0 Å². The number of halogens is 1. The molecule has 1 unspecified atom stereocenters. The molecule has 1 saturated heterocycles. The van der Waals surface area contributed by atoms with Gasteiger partial charge in [0.2, 0.25) is 0 Å². The first-order valence-electron chi connectivity index (χ1n) is 4.29. The Balaban J connectivity index is 2.27. The number of alkyl halides is 1. The van der Waals surface area contributed by atoms with Gasteiger partial charge in [-0.05, 0) is 23.9 Å². The van der Waals surface area contributed by atoms with Crippen LogP contribution in [0.4, 0.5) is 14.2 Å². The number of carbonyl (C=O) groups is 1. The Morgan fingerprint density at radius 1 is 1.79 bits per heavy atom.